The maximum atomic E-state index is 4.38. The SMILES string of the molecule is CC1=NCCN1c1ccccc1C. The molecule has 0 bridgehead atoms. The normalized spacial score (nSPS) is 16.2. The number of amidine groups is 1. The molecule has 1 aromatic rings. The smallest absolute Gasteiger partial charge is 0.100 e. The largest absolute Gasteiger partial charge is 0.328 e. The Labute approximate surface area is 78.9 Å². The second-order valence-corrected chi connectivity index (χ2v) is 3.37. The van der Waals surface area contributed by atoms with E-state index < -0.39 is 0 Å². The summed E-state index contributed by atoms with van der Waals surface area (Å²) in [6, 6.07) is 8.44. The van der Waals surface area contributed by atoms with Crippen LogP contribution in [0.1, 0.15) is 12.5 Å². The van der Waals surface area contributed by atoms with E-state index in [0.29, 0.717) is 0 Å². The van der Waals surface area contributed by atoms with Gasteiger partial charge in [-0.25, -0.2) is 0 Å². The molecule has 2 heteroatoms. The van der Waals surface area contributed by atoms with Crippen LogP contribution in [0.2, 0.25) is 0 Å². The van der Waals surface area contributed by atoms with E-state index in [2.05, 4.69) is 48.0 Å². The molecule has 0 fully saturated rings. The summed E-state index contributed by atoms with van der Waals surface area (Å²) in [6.07, 6.45) is 0. The van der Waals surface area contributed by atoms with Crippen LogP contribution < -0.4 is 4.90 Å². The summed E-state index contributed by atoms with van der Waals surface area (Å²) in [5.74, 6) is 1.13. The van der Waals surface area contributed by atoms with E-state index in [4.69, 9.17) is 0 Å². The summed E-state index contributed by atoms with van der Waals surface area (Å²) in [5, 5.41) is 0. The lowest BCUT2D eigenvalue weighted by atomic mass is 10.2. The Hall–Kier alpha value is -1.31. The van der Waals surface area contributed by atoms with E-state index in [0.717, 1.165) is 18.9 Å². The summed E-state index contributed by atoms with van der Waals surface area (Å²) < 4.78 is 0. The van der Waals surface area contributed by atoms with Gasteiger partial charge < -0.3 is 4.90 Å². The number of rotatable bonds is 1. The molecule has 0 spiro atoms. The van der Waals surface area contributed by atoms with E-state index in [1.165, 1.54) is 11.3 Å². The zero-order valence-corrected chi connectivity index (χ0v) is 8.12. The molecule has 0 aliphatic carbocycles. The molecule has 0 atom stereocenters. The first-order chi connectivity index (χ1) is 6.29. The molecule has 1 heterocycles. The van der Waals surface area contributed by atoms with Gasteiger partial charge in [0.1, 0.15) is 5.84 Å². The van der Waals surface area contributed by atoms with Gasteiger partial charge in [-0.1, -0.05) is 18.2 Å². The molecular formula is C11H14N2. The highest BCUT2D eigenvalue weighted by Gasteiger charge is 2.15. The third kappa shape index (κ3) is 1.44. The number of hydrogen-bond acceptors (Lipinski definition) is 2. The van der Waals surface area contributed by atoms with Crippen molar-refractivity contribution in [2.75, 3.05) is 18.0 Å². The average Bonchev–Trinajstić information content (AvgIpc) is 2.52. The van der Waals surface area contributed by atoms with Crippen molar-refractivity contribution in [2.24, 2.45) is 4.99 Å². The Balaban J connectivity index is 2.36. The van der Waals surface area contributed by atoms with Gasteiger partial charge in [-0.3, -0.25) is 4.99 Å². The topological polar surface area (TPSA) is 15.6 Å². The molecule has 0 unspecified atom stereocenters. The summed E-state index contributed by atoms with van der Waals surface area (Å²) in [7, 11) is 0. The molecular weight excluding hydrogens is 160 g/mol. The standard InChI is InChI=1S/C11H14N2/c1-9-5-3-4-6-11(9)13-8-7-12-10(13)2/h3-6H,7-8H2,1-2H3. The highest BCUT2D eigenvalue weighted by Crippen LogP contribution is 2.21. The summed E-state index contributed by atoms with van der Waals surface area (Å²) in [6.45, 7) is 6.16. The zero-order chi connectivity index (χ0) is 9.26. The Morgan fingerprint density at radius 3 is 2.62 bits per heavy atom. The Kier molecular flexibility index (Phi) is 2.05. The van der Waals surface area contributed by atoms with Gasteiger partial charge in [-0.05, 0) is 25.5 Å². The fraction of sp³-hybridized carbons (Fsp3) is 0.364. The minimum Gasteiger partial charge on any atom is -0.328 e. The van der Waals surface area contributed by atoms with Crippen molar-refractivity contribution in [3.8, 4) is 0 Å². The van der Waals surface area contributed by atoms with Gasteiger partial charge in [0.05, 0.1) is 6.54 Å². The first-order valence-corrected chi connectivity index (χ1v) is 4.63. The Morgan fingerprint density at radius 2 is 2.00 bits per heavy atom. The molecule has 68 valence electrons. The van der Waals surface area contributed by atoms with Gasteiger partial charge in [-0.15, -0.1) is 0 Å². The highest BCUT2D eigenvalue weighted by molar-refractivity contribution is 5.98. The van der Waals surface area contributed by atoms with Gasteiger partial charge in [0, 0.05) is 12.2 Å². The molecule has 0 aromatic heterocycles. The molecule has 2 rings (SSSR count). The van der Waals surface area contributed by atoms with Crippen LogP contribution in [0.5, 0.6) is 0 Å². The van der Waals surface area contributed by atoms with Crippen LogP contribution in [-0.2, 0) is 0 Å². The first kappa shape index (κ1) is 8.30. The van der Waals surface area contributed by atoms with Crippen molar-refractivity contribution in [3.63, 3.8) is 0 Å². The quantitative estimate of drug-likeness (QED) is 0.637. The van der Waals surface area contributed by atoms with Crippen molar-refractivity contribution >= 4 is 11.5 Å². The molecule has 13 heavy (non-hydrogen) atoms. The molecule has 0 amide bonds. The molecule has 0 saturated carbocycles. The number of anilines is 1. The number of aliphatic imine (C=N–C) groups is 1. The zero-order valence-electron chi connectivity index (χ0n) is 8.12. The predicted molar refractivity (Wildman–Crippen MR) is 56.5 cm³/mol. The highest BCUT2D eigenvalue weighted by atomic mass is 15.2. The lowest BCUT2D eigenvalue weighted by Crippen LogP contribution is -2.25. The summed E-state index contributed by atoms with van der Waals surface area (Å²) in [4.78, 5) is 6.65. The van der Waals surface area contributed by atoms with E-state index in [1.807, 2.05) is 0 Å². The third-order valence-corrected chi connectivity index (χ3v) is 2.46. The third-order valence-electron chi connectivity index (χ3n) is 2.46. The van der Waals surface area contributed by atoms with Crippen LogP contribution >= 0.6 is 0 Å². The molecule has 1 aliphatic heterocycles. The molecule has 1 aromatic carbocycles. The van der Waals surface area contributed by atoms with E-state index in [1.54, 1.807) is 0 Å². The molecule has 0 radical (unpaired) electrons. The first-order valence-electron chi connectivity index (χ1n) is 4.63. The van der Waals surface area contributed by atoms with Crippen LogP contribution in [0.25, 0.3) is 0 Å². The average molecular weight is 174 g/mol. The van der Waals surface area contributed by atoms with E-state index >= 15 is 0 Å². The van der Waals surface area contributed by atoms with Gasteiger partial charge in [0.25, 0.3) is 0 Å². The van der Waals surface area contributed by atoms with Gasteiger partial charge in [0.2, 0.25) is 0 Å². The van der Waals surface area contributed by atoms with Gasteiger partial charge >= 0.3 is 0 Å². The molecule has 1 aliphatic rings. The van der Waals surface area contributed by atoms with Crippen molar-refractivity contribution < 1.29 is 0 Å². The monoisotopic (exact) mass is 174 g/mol. The molecule has 0 N–H and O–H groups in total. The summed E-state index contributed by atoms with van der Waals surface area (Å²) in [5.41, 5.74) is 2.61. The minimum atomic E-state index is 0.931. The Bertz CT molecular complexity index is 342. The van der Waals surface area contributed by atoms with Crippen LogP contribution in [0.4, 0.5) is 5.69 Å². The van der Waals surface area contributed by atoms with Crippen LogP contribution in [0.15, 0.2) is 29.3 Å². The Morgan fingerprint density at radius 1 is 1.23 bits per heavy atom. The molecule has 0 saturated heterocycles. The number of nitrogens with zero attached hydrogens (tertiary/aromatic N) is 2. The van der Waals surface area contributed by atoms with Gasteiger partial charge in [0.15, 0.2) is 0 Å². The van der Waals surface area contributed by atoms with Crippen LogP contribution in [-0.4, -0.2) is 18.9 Å². The fourth-order valence-corrected chi connectivity index (χ4v) is 1.72. The second-order valence-electron chi connectivity index (χ2n) is 3.37. The maximum Gasteiger partial charge on any atom is 0.100 e. The van der Waals surface area contributed by atoms with Crippen molar-refractivity contribution in [3.05, 3.63) is 29.8 Å². The number of benzene rings is 1. The number of aryl methyl sites for hydroxylation is 1. The van der Waals surface area contributed by atoms with Crippen LogP contribution in [0, 0.1) is 6.92 Å². The maximum absolute atomic E-state index is 4.38. The molecule has 2 nitrogen and oxygen atoms in total. The van der Waals surface area contributed by atoms with Crippen molar-refractivity contribution in [2.45, 2.75) is 13.8 Å². The van der Waals surface area contributed by atoms with Crippen molar-refractivity contribution in [1.82, 2.24) is 0 Å². The van der Waals surface area contributed by atoms with Crippen molar-refractivity contribution in [1.29, 1.82) is 0 Å². The number of para-hydroxylation sites is 1. The lowest BCUT2D eigenvalue weighted by molar-refractivity contribution is 1.02. The van der Waals surface area contributed by atoms with E-state index in [-0.39, 0.29) is 0 Å². The lowest BCUT2D eigenvalue weighted by Gasteiger charge is -2.20. The second kappa shape index (κ2) is 3.21. The van der Waals surface area contributed by atoms with Crippen LogP contribution in [0.3, 0.4) is 0 Å². The van der Waals surface area contributed by atoms with Gasteiger partial charge in [-0.2, -0.15) is 0 Å². The minimum absolute atomic E-state index is 0.931. The van der Waals surface area contributed by atoms with E-state index in [9.17, 15) is 0 Å². The fourth-order valence-electron chi connectivity index (χ4n) is 1.72. The predicted octanol–water partition coefficient (Wildman–Crippen LogP) is 2.23. The summed E-state index contributed by atoms with van der Waals surface area (Å²) >= 11 is 0. The number of hydrogen-bond donors (Lipinski definition) is 0.